The molecule has 0 saturated carbocycles. The quantitative estimate of drug-likeness (QED) is 0.442. The fourth-order valence-electron chi connectivity index (χ4n) is 0.898. The first-order valence-electron chi connectivity index (χ1n) is 4.10. The molecule has 0 aliphatic rings. The Hall–Kier alpha value is -0.0800. The zero-order chi connectivity index (χ0) is 7.82. The van der Waals surface area contributed by atoms with E-state index in [9.17, 15) is 0 Å². The number of rotatable bonds is 6. The lowest BCUT2D eigenvalue weighted by Gasteiger charge is -2.04. The predicted molar refractivity (Wildman–Crippen MR) is 41.9 cm³/mol. The van der Waals surface area contributed by atoms with Crippen molar-refractivity contribution in [3.05, 3.63) is 0 Å². The largest absolute Gasteiger partial charge is 0.394 e. The van der Waals surface area contributed by atoms with Crippen LogP contribution in [0, 0.1) is 0 Å². The van der Waals surface area contributed by atoms with Gasteiger partial charge >= 0.3 is 0 Å². The summed E-state index contributed by atoms with van der Waals surface area (Å²) in [5, 5.41) is 17.3. The fourth-order valence-corrected chi connectivity index (χ4v) is 0.898. The molecule has 0 fully saturated rings. The lowest BCUT2D eigenvalue weighted by Crippen LogP contribution is -2.10. The van der Waals surface area contributed by atoms with Crippen LogP contribution in [-0.2, 0) is 0 Å². The van der Waals surface area contributed by atoms with Crippen LogP contribution in [0.3, 0.4) is 0 Å². The van der Waals surface area contributed by atoms with Gasteiger partial charge < -0.3 is 10.2 Å². The summed E-state index contributed by atoms with van der Waals surface area (Å²) in [5.41, 5.74) is 0. The summed E-state index contributed by atoms with van der Waals surface area (Å²) >= 11 is 0. The van der Waals surface area contributed by atoms with Crippen molar-refractivity contribution in [3.8, 4) is 0 Å². The summed E-state index contributed by atoms with van der Waals surface area (Å²) in [7, 11) is 0. The Morgan fingerprint density at radius 1 is 1.20 bits per heavy atom. The van der Waals surface area contributed by atoms with Gasteiger partial charge in [0.25, 0.3) is 0 Å². The minimum absolute atomic E-state index is 0.0911. The first-order chi connectivity index (χ1) is 4.81. The van der Waals surface area contributed by atoms with Gasteiger partial charge in [0.2, 0.25) is 0 Å². The molecule has 62 valence electrons. The van der Waals surface area contributed by atoms with Crippen LogP contribution < -0.4 is 0 Å². The Morgan fingerprint density at radius 2 is 1.90 bits per heavy atom. The predicted octanol–water partition coefficient (Wildman–Crippen LogP) is 1.31. The molecule has 10 heavy (non-hydrogen) atoms. The van der Waals surface area contributed by atoms with Crippen molar-refractivity contribution in [2.45, 2.75) is 45.1 Å². The molecule has 0 heterocycles. The van der Waals surface area contributed by atoms with E-state index < -0.39 is 6.10 Å². The van der Waals surface area contributed by atoms with E-state index >= 15 is 0 Å². The van der Waals surface area contributed by atoms with Crippen molar-refractivity contribution in [2.75, 3.05) is 6.61 Å². The normalized spacial score (nSPS) is 13.5. The summed E-state index contributed by atoms with van der Waals surface area (Å²) < 4.78 is 0. The highest BCUT2D eigenvalue weighted by Gasteiger charge is 1.99. The Morgan fingerprint density at radius 3 is 2.40 bits per heavy atom. The van der Waals surface area contributed by atoms with E-state index in [1.807, 2.05) is 0 Å². The van der Waals surface area contributed by atoms with E-state index in [0.29, 0.717) is 0 Å². The van der Waals surface area contributed by atoms with Gasteiger partial charge in [-0.25, -0.2) is 0 Å². The monoisotopic (exact) mass is 150 g/mol. The summed E-state index contributed by atoms with van der Waals surface area (Å²) in [5.74, 6) is 0. The van der Waals surface area contributed by atoms with Gasteiger partial charge in [0.1, 0.15) is 0 Å². The van der Waals surface area contributed by atoms with Gasteiger partial charge in [-0.3, -0.25) is 0 Å². The van der Waals surface area contributed by atoms with E-state index in [-0.39, 0.29) is 6.61 Å². The highest BCUT2D eigenvalue weighted by atomic mass is 18.2. The summed E-state index contributed by atoms with van der Waals surface area (Å²) in [6.45, 7) is 2.06. The third kappa shape index (κ3) is 6.05. The maximum absolute atomic E-state index is 8.91. The van der Waals surface area contributed by atoms with Crippen LogP contribution in [-0.4, -0.2) is 22.9 Å². The molecule has 0 aromatic heterocycles. The molecule has 0 aromatic rings. The first-order valence-corrected chi connectivity index (χ1v) is 4.10. The second-order valence-corrected chi connectivity index (χ2v) is 2.69. The van der Waals surface area contributed by atoms with E-state index in [4.69, 9.17) is 10.2 Å². The highest BCUT2D eigenvalue weighted by molar-refractivity contribution is 4.52. The van der Waals surface area contributed by atoms with E-state index in [1.54, 1.807) is 0 Å². The molecule has 0 bridgehead atoms. The van der Waals surface area contributed by atoms with Gasteiger partial charge in [-0.1, -0.05) is 32.6 Å². The SMILES string of the molecule is CCCCCCC([18OH])C[18OH]. The van der Waals surface area contributed by atoms with Crippen LogP contribution in [0.15, 0.2) is 0 Å². The van der Waals surface area contributed by atoms with Crippen LogP contribution in [0.4, 0.5) is 0 Å². The molecule has 2 N–H and O–H groups in total. The Bertz CT molecular complexity index is 64.3. The Kier molecular flexibility index (Phi) is 6.98. The second kappa shape index (κ2) is 7.03. The molecule has 0 amide bonds. The van der Waals surface area contributed by atoms with Crippen molar-refractivity contribution in [1.82, 2.24) is 0 Å². The van der Waals surface area contributed by atoms with E-state index in [1.165, 1.54) is 19.3 Å². The van der Waals surface area contributed by atoms with Gasteiger partial charge in [-0.05, 0) is 6.42 Å². The minimum Gasteiger partial charge on any atom is -0.394 e. The Labute approximate surface area is 62.9 Å². The highest BCUT2D eigenvalue weighted by Crippen LogP contribution is 2.04. The third-order valence-corrected chi connectivity index (χ3v) is 1.60. The van der Waals surface area contributed by atoms with Crippen molar-refractivity contribution in [1.29, 1.82) is 0 Å². The standard InChI is InChI=1S/C8H18O2/c1-2-3-4-5-6-8(10)7-9/h8-10H,2-7H2,1H3/i9+2,10+2. The molecule has 2 heteroatoms. The average Bonchev–Trinajstić information content (AvgIpc) is 1.98. The van der Waals surface area contributed by atoms with Gasteiger partial charge in [-0.15, -0.1) is 0 Å². The topological polar surface area (TPSA) is 40.5 Å². The second-order valence-electron chi connectivity index (χ2n) is 2.69. The number of hydrogen-bond donors (Lipinski definition) is 2. The molecular formula is C8H18O2. The first kappa shape index (κ1) is 9.92. The van der Waals surface area contributed by atoms with Crippen LogP contribution in [0.1, 0.15) is 39.0 Å². The smallest absolute Gasteiger partial charge is 0.0770 e. The molecule has 0 aromatic carbocycles. The molecule has 1 unspecified atom stereocenters. The number of aliphatic hydroxyl groups is 2. The molecular weight excluding hydrogens is 132 g/mol. The fraction of sp³-hybridized carbons (Fsp3) is 1.00. The molecule has 0 radical (unpaired) electrons. The van der Waals surface area contributed by atoms with Crippen molar-refractivity contribution in [2.24, 2.45) is 0 Å². The van der Waals surface area contributed by atoms with Gasteiger partial charge in [0.05, 0.1) is 12.7 Å². The van der Waals surface area contributed by atoms with Gasteiger partial charge in [-0.2, -0.15) is 0 Å². The van der Waals surface area contributed by atoms with E-state index in [2.05, 4.69) is 6.92 Å². The summed E-state index contributed by atoms with van der Waals surface area (Å²) in [4.78, 5) is 0. The summed E-state index contributed by atoms with van der Waals surface area (Å²) in [6, 6.07) is 0. The molecule has 0 spiro atoms. The molecule has 1 atom stereocenters. The molecule has 0 rings (SSSR count). The zero-order valence-electron chi connectivity index (χ0n) is 6.71. The molecule has 0 aliphatic carbocycles. The average molecular weight is 150 g/mol. The van der Waals surface area contributed by atoms with Crippen LogP contribution >= 0.6 is 0 Å². The maximum atomic E-state index is 8.91. The molecule has 0 saturated heterocycles. The molecule has 0 aliphatic heterocycles. The lowest BCUT2D eigenvalue weighted by molar-refractivity contribution is 0.0860. The van der Waals surface area contributed by atoms with Gasteiger partial charge in [0, 0.05) is 0 Å². The zero-order valence-corrected chi connectivity index (χ0v) is 6.71. The maximum Gasteiger partial charge on any atom is 0.0770 e. The van der Waals surface area contributed by atoms with Crippen molar-refractivity contribution >= 4 is 0 Å². The Balaban J connectivity index is 2.89. The van der Waals surface area contributed by atoms with E-state index in [0.717, 1.165) is 12.8 Å². The van der Waals surface area contributed by atoms with Crippen LogP contribution in [0.5, 0.6) is 0 Å². The third-order valence-electron chi connectivity index (χ3n) is 1.60. The lowest BCUT2D eigenvalue weighted by atomic mass is 10.1. The number of hydrogen-bond acceptors (Lipinski definition) is 2. The van der Waals surface area contributed by atoms with Crippen molar-refractivity contribution in [3.63, 3.8) is 0 Å². The van der Waals surface area contributed by atoms with Crippen LogP contribution in [0.25, 0.3) is 0 Å². The van der Waals surface area contributed by atoms with Crippen molar-refractivity contribution < 1.29 is 10.2 Å². The van der Waals surface area contributed by atoms with Crippen LogP contribution in [0.2, 0.25) is 0 Å². The number of aliphatic hydroxyl groups excluding tert-OH is 2. The minimum atomic E-state index is -0.489. The molecule has 2 nitrogen and oxygen atoms in total. The van der Waals surface area contributed by atoms with Gasteiger partial charge in [0.15, 0.2) is 0 Å². The summed E-state index contributed by atoms with van der Waals surface area (Å²) in [6.07, 6.45) is 4.92. The number of unbranched alkanes of at least 4 members (excludes halogenated alkanes) is 3.